The van der Waals surface area contributed by atoms with Crippen LogP contribution >= 0.6 is 35.0 Å². The number of rotatable bonds is 5. The highest BCUT2D eigenvalue weighted by Gasteiger charge is 2.18. The highest BCUT2D eigenvalue weighted by molar-refractivity contribution is 7.98. The van der Waals surface area contributed by atoms with Crippen LogP contribution in [-0.4, -0.2) is 27.5 Å². The number of fused-ring (bicyclic) bond motifs is 1. The lowest BCUT2D eigenvalue weighted by molar-refractivity contribution is -0.117. The molecule has 3 rings (SSSR count). The molecule has 0 saturated heterocycles. The number of Topliss-reactive ketones (excluding diaryl/α,β-unsaturated/α-hetero) is 1. The quantitative estimate of drug-likeness (QED) is 0.610. The lowest BCUT2D eigenvalue weighted by atomic mass is 10.2. The van der Waals surface area contributed by atoms with E-state index in [1.807, 2.05) is 16.9 Å². The summed E-state index contributed by atoms with van der Waals surface area (Å²) in [7, 11) is 0. The molecule has 3 aromatic rings. The average Bonchev–Trinajstić information content (AvgIpc) is 2.93. The van der Waals surface area contributed by atoms with Crippen molar-refractivity contribution in [2.75, 3.05) is 11.6 Å². The van der Waals surface area contributed by atoms with Crippen LogP contribution < -0.4 is 5.32 Å². The lowest BCUT2D eigenvalue weighted by Gasteiger charge is -2.09. The van der Waals surface area contributed by atoms with E-state index < -0.39 is 5.91 Å². The molecule has 0 aliphatic carbocycles. The second-order valence-electron chi connectivity index (χ2n) is 5.61. The fourth-order valence-electron chi connectivity index (χ4n) is 2.66. The van der Waals surface area contributed by atoms with Crippen LogP contribution in [0.4, 0.5) is 5.69 Å². The van der Waals surface area contributed by atoms with Crippen LogP contribution in [0.5, 0.6) is 0 Å². The van der Waals surface area contributed by atoms with Gasteiger partial charge in [0, 0.05) is 0 Å². The first-order chi connectivity index (χ1) is 12.4. The number of anilines is 1. The number of hydrogen-bond donors (Lipinski definition) is 1. The molecule has 1 amide bonds. The van der Waals surface area contributed by atoms with E-state index in [0.29, 0.717) is 16.4 Å². The van der Waals surface area contributed by atoms with Gasteiger partial charge in [-0.05, 0) is 37.4 Å². The molecule has 0 aliphatic heterocycles. The van der Waals surface area contributed by atoms with Crippen LogP contribution in [0.25, 0.3) is 11.0 Å². The molecule has 1 aromatic heterocycles. The van der Waals surface area contributed by atoms with Gasteiger partial charge in [0.15, 0.2) is 5.16 Å². The molecule has 26 heavy (non-hydrogen) atoms. The first-order valence-electron chi connectivity index (χ1n) is 7.70. The fourth-order valence-corrected chi connectivity index (χ4v) is 3.79. The number of carbonyl (C=O) groups is 2. The molecule has 2 aromatic carbocycles. The molecule has 0 spiro atoms. The fraction of sp³-hybridized carbons (Fsp3) is 0.167. The molecular weight excluding hydrogens is 393 g/mol. The standard InChI is InChI=1S/C18H15Cl2N3O2S/c1-10(24)9-23-14-8-4-7-13(16(14)22-18(23)26-2)21-17(25)15-11(19)5-3-6-12(15)20/h3-8H,9H2,1-2H3,(H,21,25). The maximum absolute atomic E-state index is 12.7. The maximum Gasteiger partial charge on any atom is 0.258 e. The number of ketones is 1. The minimum Gasteiger partial charge on any atom is -0.320 e. The third kappa shape index (κ3) is 3.58. The van der Waals surface area contributed by atoms with Crippen LogP contribution in [0.1, 0.15) is 17.3 Å². The summed E-state index contributed by atoms with van der Waals surface area (Å²) < 4.78 is 1.83. The van der Waals surface area contributed by atoms with Crippen LogP contribution in [0.3, 0.4) is 0 Å². The highest BCUT2D eigenvalue weighted by atomic mass is 35.5. The van der Waals surface area contributed by atoms with E-state index in [4.69, 9.17) is 23.2 Å². The van der Waals surface area contributed by atoms with Crippen molar-refractivity contribution < 1.29 is 9.59 Å². The van der Waals surface area contributed by atoms with Gasteiger partial charge in [-0.1, -0.05) is 47.1 Å². The number of benzene rings is 2. The van der Waals surface area contributed by atoms with Crippen molar-refractivity contribution >= 4 is 63.4 Å². The summed E-state index contributed by atoms with van der Waals surface area (Å²) in [6.45, 7) is 1.75. The minimum atomic E-state index is -0.417. The summed E-state index contributed by atoms with van der Waals surface area (Å²) in [6, 6.07) is 10.3. The van der Waals surface area contributed by atoms with Gasteiger partial charge in [-0.25, -0.2) is 4.98 Å². The van der Waals surface area contributed by atoms with Gasteiger partial charge in [-0.2, -0.15) is 0 Å². The smallest absolute Gasteiger partial charge is 0.258 e. The maximum atomic E-state index is 12.7. The van der Waals surface area contributed by atoms with Crippen molar-refractivity contribution in [3.05, 3.63) is 52.0 Å². The third-order valence-corrected chi connectivity index (χ3v) is 5.05. The van der Waals surface area contributed by atoms with E-state index in [9.17, 15) is 9.59 Å². The van der Waals surface area contributed by atoms with Crippen molar-refractivity contribution in [1.29, 1.82) is 0 Å². The van der Waals surface area contributed by atoms with Gasteiger partial charge in [0.2, 0.25) is 0 Å². The zero-order chi connectivity index (χ0) is 18.8. The first kappa shape index (κ1) is 18.8. The van der Waals surface area contributed by atoms with Gasteiger partial charge >= 0.3 is 0 Å². The number of thioether (sulfide) groups is 1. The Bertz CT molecular complexity index is 997. The van der Waals surface area contributed by atoms with Crippen LogP contribution in [0.15, 0.2) is 41.6 Å². The molecule has 0 radical (unpaired) electrons. The first-order valence-corrected chi connectivity index (χ1v) is 9.68. The molecule has 0 bridgehead atoms. The van der Waals surface area contributed by atoms with Gasteiger partial charge < -0.3 is 9.88 Å². The number of hydrogen-bond acceptors (Lipinski definition) is 4. The molecule has 0 fully saturated rings. The van der Waals surface area contributed by atoms with E-state index in [1.165, 1.54) is 18.7 Å². The summed E-state index contributed by atoms with van der Waals surface area (Å²) in [5.41, 5.74) is 2.12. The van der Waals surface area contributed by atoms with Gasteiger partial charge in [0.05, 0.1) is 33.4 Å². The normalized spacial score (nSPS) is 10.9. The number of aromatic nitrogens is 2. The minimum absolute atomic E-state index is 0.0249. The van der Waals surface area contributed by atoms with Crippen molar-refractivity contribution in [2.24, 2.45) is 0 Å². The number of para-hydroxylation sites is 1. The molecule has 8 heteroatoms. The number of amides is 1. The van der Waals surface area contributed by atoms with Crippen LogP contribution in [-0.2, 0) is 11.3 Å². The molecule has 0 atom stereocenters. The molecular formula is C18H15Cl2N3O2S. The van der Waals surface area contributed by atoms with Crippen molar-refractivity contribution in [1.82, 2.24) is 9.55 Å². The van der Waals surface area contributed by atoms with Gasteiger partial charge in [-0.15, -0.1) is 0 Å². The predicted octanol–water partition coefficient (Wildman–Crippen LogP) is 4.91. The third-order valence-electron chi connectivity index (χ3n) is 3.75. The summed E-state index contributed by atoms with van der Waals surface area (Å²) in [5, 5.41) is 4.07. The molecule has 0 saturated carbocycles. The Morgan fingerprint density at radius 3 is 2.42 bits per heavy atom. The topological polar surface area (TPSA) is 64.0 Å². The zero-order valence-electron chi connectivity index (χ0n) is 14.0. The van der Waals surface area contributed by atoms with Crippen molar-refractivity contribution in [3.8, 4) is 0 Å². The predicted molar refractivity (Wildman–Crippen MR) is 107 cm³/mol. The van der Waals surface area contributed by atoms with E-state index in [2.05, 4.69) is 10.3 Å². The Hall–Kier alpha value is -2.02. The largest absolute Gasteiger partial charge is 0.320 e. The van der Waals surface area contributed by atoms with E-state index in [1.54, 1.807) is 30.3 Å². The second-order valence-corrected chi connectivity index (χ2v) is 7.20. The zero-order valence-corrected chi connectivity index (χ0v) is 16.4. The SMILES string of the molecule is CSc1nc2c(NC(=O)c3c(Cl)cccc3Cl)cccc2n1CC(C)=O. The molecule has 5 nitrogen and oxygen atoms in total. The summed E-state index contributed by atoms with van der Waals surface area (Å²) >= 11 is 13.7. The number of halogens is 2. The Labute approximate surface area is 164 Å². The Balaban J connectivity index is 2.05. The Morgan fingerprint density at radius 1 is 1.15 bits per heavy atom. The molecule has 1 heterocycles. The van der Waals surface area contributed by atoms with E-state index in [0.717, 1.165) is 5.52 Å². The molecule has 134 valence electrons. The average molecular weight is 408 g/mol. The number of carbonyl (C=O) groups excluding carboxylic acids is 2. The van der Waals surface area contributed by atoms with Crippen LogP contribution in [0, 0.1) is 0 Å². The molecule has 0 unspecified atom stereocenters. The number of imidazole rings is 1. The van der Waals surface area contributed by atoms with E-state index >= 15 is 0 Å². The van der Waals surface area contributed by atoms with Gasteiger partial charge in [0.25, 0.3) is 5.91 Å². The summed E-state index contributed by atoms with van der Waals surface area (Å²) in [6.07, 6.45) is 1.89. The second kappa shape index (κ2) is 7.70. The van der Waals surface area contributed by atoms with E-state index in [-0.39, 0.29) is 27.9 Å². The molecule has 0 aliphatic rings. The number of nitrogens with zero attached hydrogens (tertiary/aromatic N) is 2. The van der Waals surface area contributed by atoms with Crippen LogP contribution in [0.2, 0.25) is 10.0 Å². The monoisotopic (exact) mass is 407 g/mol. The Kier molecular flexibility index (Phi) is 5.55. The van der Waals surface area contributed by atoms with Crippen molar-refractivity contribution in [2.45, 2.75) is 18.6 Å². The lowest BCUT2D eigenvalue weighted by Crippen LogP contribution is -2.13. The molecule has 1 N–H and O–H groups in total. The summed E-state index contributed by atoms with van der Waals surface area (Å²) in [4.78, 5) is 28.8. The number of nitrogens with one attached hydrogen (secondary N) is 1. The van der Waals surface area contributed by atoms with Gasteiger partial charge in [0.1, 0.15) is 11.3 Å². The Morgan fingerprint density at radius 2 is 1.81 bits per heavy atom. The summed E-state index contributed by atoms with van der Waals surface area (Å²) in [5.74, 6) is -0.392. The van der Waals surface area contributed by atoms with Crippen molar-refractivity contribution in [3.63, 3.8) is 0 Å². The highest BCUT2D eigenvalue weighted by Crippen LogP contribution is 2.30. The van der Waals surface area contributed by atoms with Gasteiger partial charge in [-0.3, -0.25) is 9.59 Å².